The Balaban J connectivity index is 3.48. The smallest absolute Gasteiger partial charge is 0.234 e. The van der Waals surface area contributed by atoms with E-state index in [1.165, 1.54) is 0 Å². The fraction of sp³-hybridized carbons (Fsp3) is 0.900. The van der Waals surface area contributed by atoms with Gasteiger partial charge in [-0.15, -0.1) is 0 Å². The van der Waals surface area contributed by atoms with Gasteiger partial charge in [0.1, 0.15) is 0 Å². The van der Waals surface area contributed by atoms with E-state index in [1.807, 2.05) is 19.0 Å². The quantitative estimate of drug-likeness (QED) is 0.630. The van der Waals surface area contributed by atoms with Crippen LogP contribution < -0.4 is 5.32 Å². The van der Waals surface area contributed by atoms with Gasteiger partial charge in [0.2, 0.25) is 5.91 Å². The first kappa shape index (κ1) is 13.4. The van der Waals surface area contributed by atoms with E-state index in [9.17, 15) is 4.79 Å². The third kappa shape index (κ3) is 6.86. The Morgan fingerprint density at radius 3 is 2.21 bits per heavy atom. The number of rotatable bonds is 7. The summed E-state index contributed by atoms with van der Waals surface area (Å²) in [5, 5.41) is 2.89. The van der Waals surface area contributed by atoms with Crippen LogP contribution in [0.3, 0.4) is 0 Å². The summed E-state index contributed by atoms with van der Waals surface area (Å²) in [5.41, 5.74) is 0. The van der Waals surface area contributed by atoms with Crippen molar-refractivity contribution in [3.8, 4) is 0 Å². The molecule has 0 atom stereocenters. The van der Waals surface area contributed by atoms with Gasteiger partial charge < -0.3 is 15.1 Å². The molecule has 14 heavy (non-hydrogen) atoms. The van der Waals surface area contributed by atoms with Crippen LogP contribution in [-0.2, 0) is 4.79 Å². The number of hydrogen-bond acceptors (Lipinski definition) is 3. The molecule has 0 aliphatic heterocycles. The summed E-state index contributed by atoms with van der Waals surface area (Å²) in [6.45, 7) is 8.50. The molecule has 0 aromatic carbocycles. The highest BCUT2D eigenvalue weighted by Crippen LogP contribution is 1.84. The molecule has 4 heteroatoms. The van der Waals surface area contributed by atoms with Crippen LogP contribution in [0.4, 0.5) is 0 Å². The molecule has 0 aromatic heterocycles. The summed E-state index contributed by atoms with van der Waals surface area (Å²) in [6, 6.07) is 0. The number of carbonyl (C=O) groups is 1. The molecule has 0 heterocycles. The predicted molar refractivity (Wildman–Crippen MR) is 59.4 cm³/mol. The minimum Gasteiger partial charge on any atom is -0.354 e. The second-order valence-corrected chi connectivity index (χ2v) is 3.61. The van der Waals surface area contributed by atoms with E-state index in [1.54, 1.807) is 0 Å². The molecule has 0 rings (SSSR count). The van der Waals surface area contributed by atoms with Crippen LogP contribution in [0, 0.1) is 0 Å². The first-order chi connectivity index (χ1) is 6.60. The molecule has 0 saturated carbocycles. The van der Waals surface area contributed by atoms with E-state index in [2.05, 4.69) is 24.1 Å². The summed E-state index contributed by atoms with van der Waals surface area (Å²) in [6.07, 6.45) is 0. The Bertz CT molecular complexity index is 155. The molecule has 0 radical (unpaired) electrons. The van der Waals surface area contributed by atoms with Crippen molar-refractivity contribution in [1.29, 1.82) is 0 Å². The van der Waals surface area contributed by atoms with E-state index in [4.69, 9.17) is 0 Å². The van der Waals surface area contributed by atoms with Crippen molar-refractivity contribution in [2.24, 2.45) is 0 Å². The van der Waals surface area contributed by atoms with Crippen LogP contribution in [-0.4, -0.2) is 62.5 Å². The average molecular weight is 201 g/mol. The van der Waals surface area contributed by atoms with Gasteiger partial charge in [-0.1, -0.05) is 13.8 Å². The molecule has 0 unspecified atom stereocenters. The SMILES string of the molecule is CCN(CC)CCNC(=O)CN(C)C. The van der Waals surface area contributed by atoms with Gasteiger partial charge in [-0.05, 0) is 27.2 Å². The zero-order valence-corrected chi connectivity index (χ0v) is 9.84. The third-order valence-corrected chi connectivity index (χ3v) is 2.10. The van der Waals surface area contributed by atoms with Crippen molar-refractivity contribution in [2.75, 3.05) is 46.8 Å². The highest BCUT2D eigenvalue weighted by Gasteiger charge is 2.03. The maximum Gasteiger partial charge on any atom is 0.234 e. The number of carbonyl (C=O) groups excluding carboxylic acids is 1. The number of nitrogens with zero attached hydrogens (tertiary/aromatic N) is 2. The van der Waals surface area contributed by atoms with Crippen molar-refractivity contribution in [3.63, 3.8) is 0 Å². The van der Waals surface area contributed by atoms with Crippen LogP contribution in [0.1, 0.15) is 13.8 Å². The lowest BCUT2D eigenvalue weighted by Crippen LogP contribution is -2.38. The first-order valence-electron chi connectivity index (χ1n) is 5.23. The highest BCUT2D eigenvalue weighted by atomic mass is 16.2. The summed E-state index contributed by atoms with van der Waals surface area (Å²) < 4.78 is 0. The maximum atomic E-state index is 11.2. The van der Waals surface area contributed by atoms with Crippen molar-refractivity contribution < 1.29 is 4.79 Å². The van der Waals surface area contributed by atoms with Crippen molar-refractivity contribution in [2.45, 2.75) is 13.8 Å². The van der Waals surface area contributed by atoms with Gasteiger partial charge in [-0.3, -0.25) is 4.79 Å². The van der Waals surface area contributed by atoms with Gasteiger partial charge in [0.25, 0.3) is 0 Å². The zero-order chi connectivity index (χ0) is 11.0. The number of hydrogen-bond donors (Lipinski definition) is 1. The Hall–Kier alpha value is -0.610. The van der Waals surface area contributed by atoms with Gasteiger partial charge >= 0.3 is 0 Å². The fourth-order valence-electron chi connectivity index (χ4n) is 1.24. The molecule has 0 spiro atoms. The van der Waals surface area contributed by atoms with Gasteiger partial charge in [0.05, 0.1) is 6.54 Å². The van der Waals surface area contributed by atoms with E-state index in [0.717, 1.165) is 26.2 Å². The first-order valence-corrected chi connectivity index (χ1v) is 5.23. The molecule has 4 nitrogen and oxygen atoms in total. The molecule has 1 amide bonds. The third-order valence-electron chi connectivity index (χ3n) is 2.10. The molecule has 84 valence electrons. The van der Waals surface area contributed by atoms with Crippen molar-refractivity contribution >= 4 is 5.91 Å². The van der Waals surface area contributed by atoms with Crippen LogP contribution in [0.15, 0.2) is 0 Å². The number of likely N-dealkylation sites (N-methyl/N-ethyl adjacent to an activating group) is 2. The largest absolute Gasteiger partial charge is 0.354 e. The second-order valence-electron chi connectivity index (χ2n) is 3.61. The maximum absolute atomic E-state index is 11.2. The summed E-state index contributed by atoms with van der Waals surface area (Å²) in [5.74, 6) is 0.0992. The van der Waals surface area contributed by atoms with E-state index in [0.29, 0.717) is 6.54 Å². The summed E-state index contributed by atoms with van der Waals surface area (Å²) >= 11 is 0. The Labute approximate surface area is 87.3 Å². The Morgan fingerprint density at radius 2 is 1.79 bits per heavy atom. The molecule has 1 N–H and O–H groups in total. The van der Waals surface area contributed by atoms with Crippen molar-refractivity contribution in [3.05, 3.63) is 0 Å². The fourth-order valence-corrected chi connectivity index (χ4v) is 1.24. The molecule has 0 aliphatic rings. The van der Waals surface area contributed by atoms with E-state index in [-0.39, 0.29) is 5.91 Å². The lowest BCUT2D eigenvalue weighted by molar-refractivity contribution is -0.121. The minimum atomic E-state index is 0.0992. The molecule has 0 bridgehead atoms. The molecule has 0 aliphatic carbocycles. The van der Waals surface area contributed by atoms with Crippen LogP contribution in [0.25, 0.3) is 0 Å². The van der Waals surface area contributed by atoms with Crippen LogP contribution >= 0.6 is 0 Å². The van der Waals surface area contributed by atoms with Gasteiger partial charge in [0, 0.05) is 13.1 Å². The molecular formula is C10H23N3O. The molecular weight excluding hydrogens is 178 g/mol. The van der Waals surface area contributed by atoms with E-state index < -0.39 is 0 Å². The molecule has 0 aromatic rings. The standard InChI is InChI=1S/C10H23N3O/c1-5-13(6-2)8-7-11-10(14)9-12(3)4/h5-9H2,1-4H3,(H,11,14). The van der Waals surface area contributed by atoms with Crippen molar-refractivity contribution in [1.82, 2.24) is 15.1 Å². The monoisotopic (exact) mass is 201 g/mol. The summed E-state index contributed by atoms with van der Waals surface area (Å²) in [4.78, 5) is 15.4. The van der Waals surface area contributed by atoms with Crippen LogP contribution in [0.2, 0.25) is 0 Å². The lowest BCUT2D eigenvalue weighted by Gasteiger charge is -2.18. The van der Waals surface area contributed by atoms with Gasteiger partial charge in [-0.25, -0.2) is 0 Å². The van der Waals surface area contributed by atoms with Gasteiger partial charge in [0.15, 0.2) is 0 Å². The molecule has 0 saturated heterocycles. The minimum absolute atomic E-state index is 0.0992. The number of nitrogens with one attached hydrogen (secondary N) is 1. The lowest BCUT2D eigenvalue weighted by atomic mass is 10.4. The zero-order valence-electron chi connectivity index (χ0n) is 9.84. The normalized spacial score (nSPS) is 11.0. The number of amides is 1. The highest BCUT2D eigenvalue weighted by molar-refractivity contribution is 5.77. The topological polar surface area (TPSA) is 35.6 Å². The van der Waals surface area contributed by atoms with E-state index >= 15 is 0 Å². The predicted octanol–water partition coefficient (Wildman–Crippen LogP) is 0.00600. The summed E-state index contributed by atoms with van der Waals surface area (Å²) in [7, 11) is 3.79. The second kappa shape index (κ2) is 7.76. The Morgan fingerprint density at radius 1 is 1.21 bits per heavy atom. The molecule has 0 fully saturated rings. The Kier molecular flexibility index (Phi) is 7.42. The average Bonchev–Trinajstić information content (AvgIpc) is 2.11. The van der Waals surface area contributed by atoms with Crippen LogP contribution in [0.5, 0.6) is 0 Å². The van der Waals surface area contributed by atoms with Gasteiger partial charge in [-0.2, -0.15) is 0 Å².